The summed E-state index contributed by atoms with van der Waals surface area (Å²) >= 11 is 0. The Hall–Kier alpha value is -4.44. The predicted molar refractivity (Wildman–Crippen MR) is 159 cm³/mol. The molecule has 4 aromatic rings. The molecule has 41 heavy (non-hydrogen) atoms. The van der Waals surface area contributed by atoms with Gasteiger partial charge in [0.05, 0.1) is 18.6 Å². The normalized spacial score (nSPS) is 15.8. The molecule has 0 spiro atoms. The minimum Gasteiger partial charge on any atom is -0.463 e. The van der Waals surface area contributed by atoms with Crippen molar-refractivity contribution in [2.24, 2.45) is 0 Å². The van der Waals surface area contributed by atoms with Gasteiger partial charge in [0.25, 0.3) is 0 Å². The smallest absolute Gasteiger partial charge is 0.308 e. The molecule has 3 aromatic heterocycles. The number of hydrogen-bond acceptors (Lipinski definition) is 10. The first-order chi connectivity index (χ1) is 20.0. The average Bonchev–Trinajstić information content (AvgIpc) is 2.98. The molecule has 1 unspecified atom stereocenters. The molecule has 1 aliphatic heterocycles. The second-order valence-corrected chi connectivity index (χ2v) is 10.2. The Bertz CT molecular complexity index is 1460. The molecule has 2 N–H and O–H groups in total. The van der Waals surface area contributed by atoms with Crippen molar-refractivity contribution in [1.29, 1.82) is 0 Å². The Labute approximate surface area is 240 Å². The number of rotatable bonds is 10. The van der Waals surface area contributed by atoms with Crippen LogP contribution < -0.4 is 15.5 Å². The lowest BCUT2D eigenvalue weighted by atomic mass is 10.1. The maximum atomic E-state index is 12.4. The molecule has 0 aliphatic carbocycles. The van der Waals surface area contributed by atoms with Gasteiger partial charge in [-0.15, -0.1) is 0 Å². The number of esters is 1. The third-order valence-electron chi connectivity index (χ3n) is 7.02. The molecule has 10 heteroatoms. The zero-order chi connectivity index (χ0) is 28.6. The molecule has 2 atom stereocenters. The van der Waals surface area contributed by atoms with Crippen LogP contribution in [0, 0.1) is 6.92 Å². The zero-order valence-electron chi connectivity index (χ0n) is 23.7. The van der Waals surface area contributed by atoms with Crippen molar-refractivity contribution >= 4 is 23.3 Å². The van der Waals surface area contributed by atoms with Gasteiger partial charge in [-0.1, -0.05) is 25.1 Å². The lowest BCUT2D eigenvalue weighted by Gasteiger charge is -2.37. The van der Waals surface area contributed by atoms with Crippen molar-refractivity contribution in [3.63, 3.8) is 0 Å². The molecule has 0 saturated carbocycles. The number of carbonyl (C=O) groups excluding carboxylic acids is 1. The first kappa shape index (κ1) is 28.1. The summed E-state index contributed by atoms with van der Waals surface area (Å²) < 4.78 is 5.53. The topological polar surface area (TPSA) is 118 Å². The Kier molecular flexibility index (Phi) is 9.10. The SMILES string of the molecule is CC[C@H](C)OC(=O)CC1CNCCN1c1ccc(Cc2nccc(Nc3ccnc(-c4cccc(C)n4)n3)n2)cc1. The maximum absolute atomic E-state index is 12.4. The molecule has 0 radical (unpaired) electrons. The standard InChI is InChI=1S/C31H36N8O2/c1-4-22(3)41-30(40)19-25-20-32-16-17-39(25)24-10-8-23(9-11-24)18-29-33-14-12-27(37-29)36-28-13-15-34-31(38-28)26-7-5-6-21(2)35-26/h5-15,22,25,32H,4,16-20H2,1-3H3,(H,33,34,36,37,38)/t22-,25?/m0/s1. The molecule has 0 bridgehead atoms. The Morgan fingerprint density at radius 3 is 2.61 bits per heavy atom. The Morgan fingerprint density at radius 1 is 1.05 bits per heavy atom. The van der Waals surface area contributed by atoms with E-state index < -0.39 is 0 Å². The number of nitrogens with zero attached hydrogens (tertiary/aromatic N) is 6. The quantitative estimate of drug-likeness (QED) is 0.273. The van der Waals surface area contributed by atoms with Crippen molar-refractivity contribution in [2.45, 2.75) is 52.2 Å². The number of ether oxygens (including phenoxy) is 1. The van der Waals surface area contributed by atoms with Crippen LogP contribution in [0.5, 0.6) is 0 Å². The fraction of sp³-hybridized carbons (Fsp3) is 0.355. The fourth-order valence-electron chi connectivity index (χ4n) is 4.72. The first-order valence-corrected chi connectivity index (χ1v) is 14.1. The van der Waals surface area contributed by atoms with E-state index in [9.17, 15) is 4.79 Å². The first-order valence-electron chi connectivity index (χ1n) is 14.1. The van der Waals surface area contributed by atoms with Gasteiger partial charge in [0.2, 0.25) is 0 Å². The summed E-state index contributed by atoms with van der Waals surface area (Å²) in [6, 6.07) is 17.9. The molecular formula is C31H36N8O2. The van der Waals surface area contributed by atoms with Crippen LogP contribution in [-0.2, 0) is 16.0 Å². The number of aromatic nitrogens is 5. The van der Waals surface area contributed by atoms with Crippen molar-refractivity contribution in [3.8, 4) is 11.5 Å². The summed E-state index contributed by atoms with van der Waals surface area (Å²) in [7, 11) is 0. The van der Waals surface area contributed by atoms with Crippen LogP contribution in [0.1, 0.15) is 43.8 Å². The van der Waals surface area contributed by atoms with Gasteiger partial charge in [-0.3, -0.25) is 4.79 Å². The third-order valence-corrected chi connectivity index (χ3v) is 7.02. The summed E-state index contributed by atoms with van der Waals surface area (Å²) in [5.41, 5.74) is 3.82. The van der Waals surface area contributed by atoms with Gasteiger partial charge in [0.1, 0.15) is 23.2 Å². The molecule has 10 nitrogen and oxygen atoms in total. The summed E-state index contributed by atoms with van der Waals surface area (Å²) in [6.45, 7) is 8.35. The van der Waals surface area contributed by atoms with E-state index in [1.165, 1.54) is 0 Å². The number of aryl methyl sites for hydroxylation is 1. The molecule has 212 valence electrons. The number of piperazine rings is 1. The molecule has 5 rings (SSSR count). The highest BCUT2D eigenvalue weighted by atomic mass is 16.5. The van der Waals surface area contributed by atoms with Crippen LogP contribution in [0.2, 0.25) is 0 Å². The number of hydrogen-bond donors (Lipinski definition) is 2. The van der Waals surface area contributed by atoms with Gasteiger partial charge in [-0.05, 0) is 62.2 Å². The van der Waals surface area contributed by atoms with Crippen molar-refractivity contribution in [1.82, 2.24) is 30.2 Å². The van der Waals surface area contributed by atoms with Crippen LogP contribution in [0.4, 0.5) is 17.3 Å². The minimum atomic E-state index is -0.148. The maximum Gasteiger partial charge on any atom is 0.308 e. The number of anilines is 3. The Balaban J connectivity index is 1.23. The molecule has 1 saturated heterocycles. The van der Waals surface area contributed by atoms with E-state index in [0.29, 0.717) is 36.1 Å². The van der Waals surface area contributed by atoms with Gasteiger partial charge in [-0.25, -0.2) is 24.9 Å². The van der Waals surface area contributed by atoms with E-state index in [4.69, 9.17) is 9.72 Å². The molecule has 4 heterocycles. The van der Waals surface area contributed by atoms with E-state index in [-0.39, 0.29) is 18.1 Å². The van der Waals surface area contributed by atoms with E-state index >= 15 is 0 Å². The highest BCUT2D eigenvalue weighted by Crippen LogP contribution is 2.23. The lowest BCUT2D eigenvalue weighted by Crippen LogP contribution is -2.52. The second kappa shape index (κ2) is 13.3. The fourth-order valence-corrected chi connectivity index (χ4v) is 4.72. The van der Waals surface area contributed by atoms with E-state index in [0.717, 1.165) is 48.7 Å². The average molecular weight is 553 g/mol. The second-order valence-electron chi connectivity index (χ2n) is 10.2. The van der Waals surface area contributed by atoms with Gasteiger partial charge in [0.15, 0.2) is 5.82 Å². The summed E-state index contributed by atoms with van der Waals surface area (Å²) in [6.07, 6.45) is 5.16. The van der Waals surface area contributed by atoms with Crippen molar-refractivity contribution < 1.29 is 9.53 Å². The van der Waals surface area contributed by atoms with Crippen LogP contribution in [-0.4, -0.2) is 62.7 Å². The summed E-state index contributed by atoms with van der Waals surface area (Å²) in [4.78, 5) is 37.4. The zero-order valence-corrected chi connectivity index (χ0v) is 23.7. The highest BCUT2D eigenvalue weighted by Gasteiger charge is 2.26. The van der Waals surface area contributed by atoms with E-state index in [1.54, 1.807) is 18.5 Å². The number of carbonyl (C=O) groups is 1. The number of pyridine rings is 1. The predicted octanol–water partition coefficient (Wildman–Crippen LogP) is 4.48. The van der Waals surface area contributed by atoms with Gasteiger partial charge in [-0.2, -0.15) is 0 Å². The molecular weight excluding hydrogens is 516 g/mol. The van der Waals surface area contributed by atoms with Crippen LogP contribution in [0.25, 0.3) is 11.5 Å². The highest BCUT2D eigenvalue weighted by molar-refractivity contribution is 5.71. The van der Waals surface area contributed by atoms with E-state index in [2.05, 4.69) is 59.7 Å². The molecule has 0 amide bonds. The Morgan fingerprint density at radius 2 is 1.83 bits per heavy atom. The minimum absolute atomic E-state index is 0.0567. The molecule has 1 aromatic carbocycles. The largest absolute Gasteiger partial charge is 0.463 e. The third kappa shape index (κ3) is 7.61. The van der Waals surface area contributed by atoms with Crippen LogP contribution in [0.3, 0.4) is 0 Å². The van der Waals surface area contributed by atoms with Gasteiger partial charge < -0.3 is 20.3 Å². The summed E-state index contributed by atoms with van der Waals surface area (Å²) in [5, 5.41) is 6.67. The number of benzene rings is 1. The monoisotopic (exact) mass is 552 g/mol. The van der Waals surface area contributed by atoms with Crippen molar-refractivity contribution in [2.75, 3.05) is 29.9 Å². The van der Waals surface area contributed by atoms with Crippen LogP contribution in [0.15, 0.2) is 67.0 Å². The van der Waals surface area contributed by atoms with Crippen molar-refractivity contribution in [3.05, 3.63) is 84.1 Å². The van der Waals surface area contributed by atoms with Crippen LogP contribution >= 0.6 is 0 Å². The lowest BCUT2D eigenvalue weighted by molar-refractivity contribution is -0.148. The summed E-state index contributed by atoms with van der Waals surface area (Å²) in [5.74, 6) is 2.38. The van der Waals surface area contributed by atoms with Gasteiger partial charge >= 0.3 is 5.97 Å². The molecule has 1 aliphatic rings. The van der Waals surface area contributed by atoms with E-state index in [1.807, 2.05) is 45.0 Å². The number of nitrogens with one attached hydrogen (secondary N) is 2. The van der Waals surface area contributed by atoms with Gasteiger partial charge in [0, 0.05) is 49.8 Å². The molecule has 1 fully saturated rings.